The molecule has 124 valence electrons. The Morgan fingerprint density at radius 1 is 1.39 bits per heavy atom. The SMILES string of the molecule is Cc1nsc(NCCc2ccc(C3(C)OCC(C)O3)cc2)c1Cl. The molecular weight excluding hydrogens is 332 g/mol. The molecule has 0 spiro atoms. The quantitative estimate of drug-likeness (QED) is 0.867. The molecule has 23 heavy (non-hydrogen) atoms. The highest BCUT2D eigenvalue weighted by atomic mass is 35.5. The van der Waals surface area contributed by atoms with Gasteiger partial charge in [-0.2, -0.15) is 4.37 Å². The zero-order chi connectivity index (χ0) is 16.4. The third-order valence-electron chi connectivity index (χ3n) is 3.99. The third-order valence-corrected chi connectivity index (χ3v) is 5.46. The fourth-order valence-electron chi connectivity index (χ4n) is 2.64. The lowest BCUT2D eigenvalue weighted by Gasteiger charge is -2.23. The number of hydrogen-bond acceptors (Lipinski definition) is 5. The molecule has 6 heteroatoms. The Morgan fingerprint density at radius 2 is 2.13 bits per heavy atom. The van der Waals surface area contributed by atoms with E-state index in [1.165, 1.54) is 17.1 Å². The van der Waals surface area contributed by atoms with Crippen LogP contribution < -0.4 is 5.32 Å². The number of ether oxygens (including phenoxy) is 2. The van der Waals surface area contributed by atoms with Crippen LogP contribution in [0.3, 0.4) is 0 Å². The van der Waals surface area contributed by atoms with Gasteiger partial charge in [-0.15, -0.1) is 0 Å². The molecular formula is C17H21ClN2O2S. The van der Waals surface area contributed by atoms with Gasteiger partial charge in [0, 0.05) is 12.1 Å². The zero-order valence-corrected chi connectivity index (χ0v) is 15.1. The highest BCUT2D eigenvalue weighted by Gasteiger charge is 2.36. The van der Waals surface area contributed by atoms with E-state index in [4.69, 9.17) is 21.1 Å². The number of nitrogens with one attached hydrogen (secondary N) is 1. The monoisotopic (exact) mass is 352 g/mol. The van der Waals surface area contributed by atoms with Crippen molar-refractivity contribution in [3.63, 3.8) is 0 Å². The summed E-state index contributed by atoms with van der Waals surface area (Å²) in [6.45, 7) is 7.37. The molecule has 1 aromatic carbocycles. The maximum absolute atomic E-state index is 6.17. The fraction of sp³-hybridized carbons (Fsp3) is 0.471. The summed E-state index contributed by atoms with van der Waals surface area (Å²) in [6, 6.07) is 8.41. The number of aromatic nitrogens is 1. The normalized spacial score (nSPS) is 24.1. The highest BCUT2D eigenvalue weighted by Crippen LogP contribution is 2.33. The van der Waals surface area contributed by atoms with E-state index < -0.39 is 5.79 Å². The Kier molecular flexibility index (Phi) is 4.92. The lowest BCUT2D eigenvalue weighted by molar-refractivity contribution is -0.159. The van der Waals surface area contributed by atoms with Crippen LogP contribution in [0.1, 0.15) is 30.7 Å². The van der Waals surface area contributed by atoms with E-state index in [-0.39, 0.29) is 6.10 Å². The Bertz CT molecular complexity index is 674. The molecule has 2 aromatic rings. The van der Waals surface area contributed by atoms with Gasteiger partial charge in [0.2, 0.25) is 0 Å². The lowest BCUT2D eigenvalue weighted by Crippen LogP contribution is -2.23. The van der Waals surface area contributed by atoms with Crippen molar-refractivity contribution in [1.82, 2.24) is 4.37 Å². The molecule has 1 saturated heterocycles. The maximum atomic E-state index is 6.17. The van der Waals surface area contributed by atoms with Gasteiger partial charge in [-0.25, -0.2) is 0 Å². The summed E-state index contributed by atoms with van der Waals surface area (Å²) in [6.07, 6.45) is 1.05. The molecule has 2 heterocycles. The standard InChI is InChI=1S/C17H21ClN2O2S/c1-11-10-21-17(3,22-11)14-6-4-13(5-7-14)8-9-19-16-15(18)12(2)20-23-16/h4-7,11,19H,8-10H2,1-3H3. The van der Waals surface area contributed by atoms with Crippen molar-refractivity contribution in [2.75, 3.05) is 18.5 Å². The second kappa shape index (κ2) is 6.77. The minimum absolute atomic E-state index is 0.136. The Balaban J connectivity index is 1.57. The molecule has 1 aliphatic heterocycles. The molecule has 0 aliphatic carbocycles. The van der Waals surface area contributed by atoms with E-state index in [0.29, 0.717) is 6.61 Å². The van der Waals surface area contributed by atoms with Crippen LogP contribution in [0, 0.1) is 6.92 Å². The molecule has 1 fully saturated rings. The summed E-state index contributed by atoms with van der Waals surface area (Å²) in [5.41, 5.74) is 3.19. The zero-order valence-electron chi connectivity index (χ0n) is 13.6. The van der Waals surface area contributed by atoms with Gasteiger partial charge in [-0.1, -0.05) is 35.9 Å². The van der Waals surface area contributed by atoms with Crippen LogP contribution in [0.4, 0.5) is 5.00 Å². The average molecular weight is 353 g/mol. The van der Waals surface area contributed by atoms with Crippen LogP contribution in [0.5, 0.6) is 0 Å². The van der Waals surface area contributed by atoms with Crippen LogP contribution in [0.15, 0.2) is 24.3 Å². The van der Waals surface area contributed by atoms with Gasteiger partial charge in [-0.3, -0.25) is 0 Å². The van der Waals surface area contributed by atoms with Gasteiger partial charge in [0.25, 0.3) is 0 Å². The summed E-state index contributed by atoms with van der Waals surface area (Å²) >= 11 is 7.57. The summed E-state index contributed by atoms with van der Waals surface area (Å²) in [4.78, 5) is 0. The number of benzene rings is 1. The Hall–Kier alpha value is -1.14. The molecule has 3 rings (SSSR count). The van der Waals surface area contributed by atoms with Crippen LogP contribution in [-0.4, -0.2) is 23.6 Å². The first-order valence-electron chi connectivity index (χ1n) is 7.75. The molecule has 0 bridgehead atoms. The molecule has 1 aliphatic rings. The average Bonchev–Trinajstić information content (AvgIpc) is 3.05. The topological polar surface area (TPSA) is 43.4 Å². The third kappa shape index (κ3) is 3.69. The van der Waals surface area contributed by atoms with Crippen molar-refractivity contribution in [1.29, 1.82) is 0 Å². The number of rotatable bonds is 5. The molecule has 2 atom stereocenters. The largest absolute Gasteiger partial charge is 0.374 e. The van der Waals surface area contributed by atoms with Crippen molar-refractivity contribution >= 4 is 28.1 Å². The highest BCUT2D eigenvalue weighted by molar-refractivity contribution is 7.11. The minimum atomic E-state index is -0.621. The second-order valence-corrected chi connectivity index (χ2v) is 7.12. The van der Waals surface area contributed by atoms with Crippen molar-refractivity contribution < 1.29 is 9.47 Å². The van der Waals surface area contributed by atoms with E-state index in [1.54, 1.807) is 0 Å². The Morgan fingerprint density at radius 3 is 2.70 bits per heavy atom. The molecule has 2 unspecified atom stereocenters. The number of anilines is 1. The van der Waals surface area contributed by atoms with Crippen LogP contribution in [-0.2, 0) is 21.7 Å². The lowest BCUT2D eigenvalue weighted by atomic mass is 10.0. The molecule has 0 saturated carbocycles. The van der Waals surface area contributed by atoms with Gasteiger partial charge < -0.3 is 14.8 Å². The first-order chi connectivity index (χ1) is 11.0. The van der Waals surface area contributed by atoms with Crippen molar-refractivity contribution in [3.05, 3.63) is 46.1 Å². The minimum Gasteiger partial charge on any atom is -0.374 e. The first kappa shape index (κ1) is 16.7. The van der Waals surface area contributed by atoms with Gasteiger partial charge in [0.15, 0.2) is 5.79 Å². The molecule has 0 radical (unpaired) electrons. The van der Waals surface area contributed by atoms with E-state index in [2.05, 4.69) is 34.0 Å². The van der Waals surface area contributed by atoms with Crippen LogP contribution in [0.2, 0.25) is 5.02 Å². The molecule has 4 nitrogen and oxygen atoms in total. The first-order valence-corrected chi connectivity index (χ1v) is 8.90. The molecule has 0 amide bonds. The Labute approximate surface area is 145 Å². The predicted molar refractivity (Wildman–Crippen MR) is 94.3 cm³/mol. The maximum Gasteiger partial charge on any atom is 0.192 e. The van der Waals surface area contributed by atoms with E-state index in [0.717, 1.165) is 34.2 Å². The number of halogens is 1. The van der Waals surface area contributed by atoms with Gasteiger partial charge in [0.1, 0.15) is 5.00 Å². The fourth-order valence-corrected chi connectivity index (χ4v) is 3.62. The van der Waals surface area contributed by atoms with E-state index >= 15 is 0 Å². The smallest absolute Gasteiger partial charge is 0.192 e. The van der Waals surface area contributed by atoms with Crippen LogP contribution >= 0.6 is 23.1 Å². The summed E-state index contributed by atoms with van der Waals surface area (Å²) in [7, 11) is 0. The van der Waals surface area contributed by atoms with Crippen molar-refractivity contribution in [2.45, 2.75) is 39.1 Å². The summed E-state index contributed by atoms with van der Waals surface area (Å²) in [5.74, 6) is -0.621. The number of nitrogens with zero attached hydrogens (tertiary/aromatic N) is 1. The van der Waals surface area contributed by atoms with Crippen molar-refractivity contribution in [2.24, 2.45) is 0 Å². The van der Waals surface area contributed by atoms with Gasteiger partial charge in [-0.05, 0) is 44.3 Å². The van der Waals surface area contributed by atoms with Gasteiger partial charge >= 0.3 is 0 Å². The number of aryl methyl sites for hydroxylation is 1. The molecule has 1 aromatic heterocycles. The summed E-state index contributed by atoms with van der Waals surface area (Å²) < 4.78 is 15.9. The van der Waals surface area contributed by atoms with Crippen molar-refractivity contribution in [3.8, 4) is 0 Å². The van der Waals surface area contributed by atoms with E-state index in [9.17, 15) is 0 Å². The van der Waals surface area contributed by atoms with Crippen LogP contribution in [0.25, 0.3) is 0 Å². The van der Waals surface area contributed by atoms with E-state index in [1.807, 2.05) is 20.8 Å². The number of hydrogen-bond donors (Lipinski definition) is 1. The second-order valence-electron chi connectivity index (χ2n) is 5.97. The predicted octanol–water partition coefficient (Wildman–Crippen LogP) is 4.37. The molecule has 1 N–H and O–H groups in total. The summed E-state index contributed by atoms with van der Waals surface area (Å²) in [5, 5.41) is 5.00. The van der Waals surface area contributed by atoms with Gasteiger partial charge in [0.05, 0.1) is 23.4 Å².